The second-order valence-corrected chi connectivity index (χ2v) is 26.7. The smallest absolute Gasteiger partial charge is 0.333 e. The molecule has 1 aromatic heterocycles. The van der Waals surface area contributed by atoms with E-state index in [2.05, 4.69) is 233 Å². The summed E-state index contributed by atoms with van der Waals surface area (Å²) in [6, 6.07) is 53.6. The number of aromatic nitrogens is 1. The first-order chi connectivity index (χ1) is 34.1. The van der Waals surface area contributed by atoms with Gasteiger partial charge in [0.05, 0.1) is 11.0 Å². The van der Waals surface area contributed by atoms with Crippen LogP contribution in [0.4, 0.5) is 11.4 Å². The Balaban J connectivity index is 1.19. The van der Waals surface area contributed by atoms with Crippen LogP contribution in [0, 0.1) is 0 Å². The second kappa shape index (κ2) is 13.1. The lowest BCUT2D eigenvalue weighted by molar-refractivity contribution is 0.332. The van der Waals surface area contributed by atoms with Crippen LogP contribution in [0.3, 0.4) is 0 Å². The minimum atomic E-state index is -0.272. The predicted molar refractivity (Wildman–Crippen MR) is 306 cm³/mol. The van der Waals surface area contributed by atoms with Crippen LogP contribution in [0.1, 0.15) is 153 Å². The van der Waals surface area contributed by atoms with Crippen LogP contribution in [0.25, 0.3) is 72.0 Å². The van der Waals surface area contributed by atoms with Gasteiger partial charge in [-0.1, -0.05) is 181 Å². The zero-order valence-electron chi connectivity index (χ0n) is 44.6. The molecule has 0 amide bonds. The van der Waals surface area contributed by atoms with Crippen LogP contribution in [-0.4, -0.2) is 11.4 Å². The normalized spacial score (nSPS) is 18.7. The molecule has 0 atom stereocenters. The molecule has 9 aromatic rings. The van der Waals surface area contributed by atoms with Gasteiger partial charge >= 0.3 is 6.85 Å². The Hall–Kier alpha value is -6.58. The van der Waals surface area contributed by atoms with Crippen molar-refractivity contribution in [2.75, 3.05) is 4.81 Å². The first kappa shape index (κ1) is 43.0. The molecule has 8 aromatic carbocycles. The monoisotopic (exact) mass is 933 g/mol. The molecule has 2 nitrogen and oxygen atoms in total. The minimum absolute atomic E-state index is 0.0245. The molecule has 0 bridgehead atoms. The van der Waals surface area contributed by atoms with Crippen LogP contribution in [0.15, 0.2) is 133 Å². The number of hydrogen-bond acceptors (Lipinski definition) is 1. The summed E-state index contributed by atoms with van der Waals surface area (Å²) >= 11 is 0. The van der Waals surface area contributed by atoms with E-state index in [0.717, 1.165) is 0 Å². The fraction of sp³-hybridized carbons (Fsp3) is 0.304. The third-order valence-corrected chi connectivity index (χ3v) is 19.7. The van der Waals surface area contributed by atoms with Gasteiger partial charge in [-0.25, -0.2) is 0 Å². The molecule has 0 N–H and O–H groups in total. The molecule has 15 rings (SSSR count). The van der Waals surface area contributed by atoms with Gasteiger partial charge in [-0.2, -0.15) is 0 Å². The average Bonchev–Trinajstić information content (AvgIpc) is 3.97. The van der Waals surface area contributed by atoms with Crippen molar-refractivity contribution in [3.63, 3.8) is 0 Å². The average molecular weight is 933 g/mol. The Morgan fingerprint density at radius 2 is 1.00 bits per heavy atom. The van der Waals surface area contributed by atoms with Crippen molar-refractivity contribution in [1.29, 1.82) is 0 Å². The number of rotatable bonds is 1. The highest BCUT2D eigenvalue weighted by Crippen LogP contribution is 2.62. The molecular formula is C69H65BN2. The highest BCUT2D eigenvalue weighted by Gasteiger charge is 2.52. The van der Waals surface area contributed by atoms with Crippen LogP contribution >= 0.6 is 0 Å². The van der Waals surface area contributed by atoms with Crippen molar-refractivity contribution in [3.8, 4) is 50.2 Å². The number of fused-ring (bicyclic) bond motifs is 20. The van der Waals surface area contributed by atoms with Gasteiger partial charge in [-0.15, -0.1) is 0 Å². The predicted octanol–water partition coefficient (Wildman–Crippen LogP) is 16.6. The van der Waals surface area contributed by atoms with Crippen LogP contribution < -0.4 is 15.7 Å². The van der Waals surface area contributed by atoms with Gasteiger partial charge in [0.2, 0.25) is 0 Å². The molecule has 2 aliphatic heterocycles. The van der Waals surface area contributed by atoms with Gasteiger partial charge in [0, 0.05) is 49.6 Å². The van der Waals surface area contributed by atoms with E-state index in [-0.39, 0.29) is 39.3 Å². The van der Waals surface area contributed by atoms with E-state index < -0.39 is 0 Å². The summed E-state index contributed by atoms with van der Waals surface area (Å²) in [6.45, 7) is 31.8. The zero-order valence-corrected chi connectivity index (χ0v) is 44.6. The van der Waals surface area contributed by atoms with Gasteiger partial charge in [0.1, 0.15) is 0 Å². The maximum atomic E-state index is 2.81. The van der Waals surface area contributed by atoms with E-state index in [1.54, 1.807) is 0 Å². The summed E-state index contributed by atoms with van der Waals surface area (Å²) in [4.78, 5) is 2.81. The van der Waals surface area contributed by atoms with Crippen LogP contribution in [-0.2, 0) is 32.5 Å². The Kier molecular flexibility index (Phi) is 7.86. The maximum absolute atomic E-state index is 2.81. The van der Waals surface area contributed by atoms with E-state index in [1.165, 1.54) is 157 Å². The zero-order chi connectivity index (χ0) is 49.7. The van der Waals surface area contributed by atoms with Crippen molar-refractivity contribution in [3.05, 3.63) is 184 Å². The van der Waals surface area contributed by atoms with Gasteiger partial charge in [-0.05, 0) is 171 Å². The summed E-state index contributed by atoms with van der Waals surface area (Å²) in [5, 5.41) is 2.82. The van der Waals surface area contributed by atoms with E-state index in [0.29, 0.717) is 0 Å². The lowest BCUT2D eigenvalue weighted by Crippen LogP contribution is -2.61. The molecule has 0 unspecified atom stereocenters. The molecule has 4 aliphatic carbocycles. The van der Waals surface area contributed by atoms with Gasteiger partial charge < -0.3 is 9.38 Å². The summed E-state index contributed by atoms with van der Waals surface area (Å²) in [7, 11) is 0. The summed E-state index contributed by atoms with van der Waals surface area (Å²) in [6.07, 6.45) is 2.35. The Labute approximate surface area is 427 Å². The Bertz CT molecular complexity index is 3990. The second-order valence-electron chi connectivity index (χ2n) is 26.7. The van der Waals surface area contributed by atoms with E-state index in [9.17, 15) is 0 Å². The number of hydrogen-bond donors (Lipinski definition) is 0. The number of nitrogens with zero attached hydrogens (tertiary/aromatic N) is 2. The number of anilines is 2. The molecular weight excluding hydrogens is 868 g/mol. The van der Waals surface area contributed by atoms with Crippen molar-refractivity contribution in [2.24, 2.45) is 0 Å². The molecule has 0 radical (unpaired) electrons. The van der Waals surface area contributed by atoms with Crippen molar-refractivity contribution >= 4 is 51.0 Å². The van der Waals surface area contributed by atoms with E-state index in [4.69, 9.17) is 0 Å². The van der Waals surface area contributed by atoms with E-state index in [1.807, 2.05) is 0 Å². The van der Waals surface area contributed by atoms with Gasteiger partial charge in [0.15, 0.2) is 0 Å². The fourth-order valence-electron chi connectivity index (χ4n) is 15.7. The van der Waals surface area contributed by atoms with Gasteiger partial charge in [-0.3, -0.25) is 0 Å². The Morgan fingerprint density at radius 1 is 0.458 bits per heavy atom. The lowest BCUT2D eigenvalue weighted by Gasteiger charge is -2.44. The third-order valence-electron chi connectivity index (χ3n) is 19.7. The van der Waals surface area contributed by atoms with Crippen molar-refractivity contribution in [2.45, 2.75) is 135 Å². The molecule has 0 saturated heterocycles. The SMILES string of the molecule is CC(C)(C)c1ccc(N2B3c4cc5c(cc4-n4c6cc7c(cc6c6c8c(c(c3c64)-c3cc4c(cc32)C(C)(C)c2ccccc2-4)C(C)(C)c2ccccc2-8)C(C)(C)CCC7(C)C)-c2ccccc2C5(C)C)cc1. The first-order valence-electron chi connectivity index (χ1n) is 26.9. The Morgan fingerprint density at radius 3 is 1.61 bits per heavy atom. The summed E-state index contributed by atoms with van der Waals surface area (Å²) < 4.78 is 2.80. The molecule has 3 heteroatoms. The molecule has 0 saturated carbocycles. The molecule has 0 fully saturated rings. The van der Waals surface area contributed by atoms with Gasteiger partial charge in [0.25, 0.3) is 0 Å². The largest absolute Gasteiger partial charge is 0.376 e. The minimum Gasteiger partial charge on any atom is -0.376 e. The quantitative estimate of drug-likeness (QED) is 0.149. The highest BCUT2D eigenvalue weighted by atomic mass is 15.1. The molecule has 72 heavy (non-hydrogen) atoms. The molecule has 3 heterocycles. The standard InChI is InChI=1S/C69H65BN2/c1-64(2,3)38-26-28-39(29-27-38)72-56-36-51-43(40-20-14-17-23-47(40)68(51,10)11)32-45(56)60-61-58(42-22-16-19-25-49(42)69(61,12)13)59-46-33-52-53(66(6,7)31-30-65(52,4)5)37-55(46)71-57-34-44-41-21-15-18-24-48(41)67(8,9)50(44)35-54(57)70(72)62(60)63(59)71/h14-29,32-37H,30-31H2,1-13H3. The maximum Gasteiger partial charge on any atom is 0.333 e. The molecule has 6 aliphatic rings. The summed E-state index contributed by atoms with van der Waals surface area (Å²) in [5.74, 6) is 0. The first-order valence-corrected chi connectivity index (χ1v) is 26.9. The van der Waals surface area contributed by atoms with Crippen molar-refractivity contribution < 1.29 is 0 Å². The molecule has 354 valence electrons. The number of benzene rings is 8. The third kappa shape index (κ3) is 5.04. The topological polar surface area (TPSA) is 8.17 Å². The fourth-order valence-corrected chi connectivity index (χ4v) is 15.7. The highest BCUT2D eigenvalue weighted by molar-refractivity contribution is 6.94. The van der Waals surface area contributed by atoms with E-state index >= 15 is 0 Å². The van der Waals surface area contributed by atoms with Crippen LogP contribution in [0.5, 0.6) is 0 Å². The van der Waals surface area contributed by atoms with Crippen molar-refractivity contribution in [1.82, 2.24) is 4.57 Å². The van der Waals surface area contributed by atoms with Crippen LogP contribution in [0.2, 0.25) is 0 Å². The lowest BCUT2D eigenvalue weighted by atomic mass is 9.43. The molecule has 0 spiro atoms. The summed E-state index contributed by atoms with van der Waals surface area (Å²) in [5.41, 5.74) is 33.0.